The molecule has 4 rings (SSSR count). The number of piperidine rings is 2. The number of hydrogen-bond donors (Lipinski definition) is 1. The van der Waals surface area contributed by atoms with Crippen LogP contribution >= 0.6 is 0 Å². The van der Waals surface area contributed by atoms with Crippen molar-refractivity contribution in [3.8, 4) is 0 Å². The number of anilines is 2. The van der Waals surface area contributed by atoms with E-state index in [1.165, 1.54) is 29.0 Å². The highest BCUT2D eigenvalue weighted by Gasteiger charge is 2.32. The van der Waals surface area contributed by atoms with Crippen LogP contribution in [0.25, 0.3) is 0 Å². The van der Waals surface area contributed by atoms with E-state index < -0.39 is 27.6 Å². The minimum Gasteiger partial charge on any atom is -0.367 e. The van der Waals surface area contributed by atoms with Crippen molar-refractivity contribution in [2.45, 2.75) is 44.3 Å². The minimum absolute atomic E-state index is 0.0669. The summed E-state index contributed by atoms with van der Waals surface area (Å²) in [6, 6.07) is 4.73. The Balaban J connectivity index is 1.46. The fraction of sp³-hybridized carbons (Fsp3) is 0.565. The molecule has 7 nitrogen and oxygen atoms in total. The first-order valence-corrected chi connectivity index (χ1v) is 13.5. The highest BCUT2D eigenvalue weighted by atomic mass is 32.2. The first kappa shape index (κ1) is 25.6. The minimum atomic E-state index is -4.41. The number of nitrogens with zero attached hydrogens (tertiary/aromatic N) is 4. The van der Waals surface area contributed by atoms with Crippen LogP contribution in [0.4, 0.5) is 29.2 Å². The Labute approximate surface area is 202 Å². The van der Waals surface area contributed by atoms with Gasteiger partial charge in [0.15, 0.2) is 11.6 Å². The lowest BCUT2D eigenvalue weighted by Crippen LogP contribution is -2.39. The Hall–Kier alpha value is -2.47. The maximum atomic E-state index is 15.5. The first-order valence-electron chi connectivity index (χ1n) is 11.7. The van der Waals surface area contributed by atoms with E-state index in [1.54, 1.807) is 4.90 Å². The normalized spacial score (nSPS) is 20.7. The summed E-state index contributed by atoms with van der Waals surface area (Å²) < 4.78 is 79.2. The Bertz CT molecular complexity index is 1120. The summed E-state index contributed by atoms with van der Waals surface area (Å²) in [7, 11) is -3.21. The van der Waals surface area contributed by atoms with E-state index in [0.717, 1.165) is 25.0 Å². The maximum Gasteiger partial charge on any atom is 0.416 e. The predicted octanol–water partition coefficient (Wildman–Crippen LogP) is 4.45. The largest absolute Gasteiger partial charge is 0.416 e. The SMILES string of the molecule is CS(=O)(=O)N1CCC(CNc2ncnc(N3CCCCC3c3ccc(C(F)(F)F)cc3)c2F)CC1. The highest BCUT2D eigenvalue weighted by Crippen LogP contribution is 2.37. The molecule has 2 fully saturated rings. The van der Waals surface area contributed by atoms with Gasteiger partial charge in [0.05, 0.1) is 17.9 Å². The summed E-state index contributed by atoms with van der Waals surface area (Å²) in [5.41, 5.74) is -0.0338. The van der Waals surface area contributed by atoms with Gasteiger partial charge in [0.25, 0.3) is 0 Å². The van der Waals surface area contributed by atoms with Gasteiger partial charge in [-0.25, -0.2) is 22.7 Å². The molecule has 2 aliphatic rings. The van der Waals surface area contributed by atoms with E-state index in [-0.39, 0.29) is 23.6 Å². The molecular formula is C23H29F4N5O2S. The summed E-state index contributed by atoms with van der Waals surface area (Å²) in [4.78, 5) is 10.0. The molecule has 0 amide bonds. The van der Waals surface area contributed by atoms with Crippen molar-refractivity contribution in [2.24, 2.45) is 5.92 Å². The van der Waals surface area contributed by atoms with Crippen molar-refractivity contribution in [1.29, 1.82) is 0 Å². The summed E-state index contributed by atoms with van der Waals surface area (Å²) >= 11 is 0. The lowest BCUT2D eigenvalue weighted by molar-refractivity contribution is -0.137. The van der Waals surface area contributed by atoms with Crippen LogP contribution in [-0.4, -0.2) is 55.1 Å². The smallest absolute Gasteiger partial charge is 0.367 e. The highest BCUT2D eigenvalue weighted by molar-refractivity contribution is 7.88. The van der Waals surface area contributed by atoms with Crippen LogP contribution in [0.2, 0.25) is 0 Å². The molecule has 12 heteroatoms. The van der Waals surface area contributed by atoms with Crippen LogP contribution < -0.4 is 10.2 Å². The molecule has 2 saturated heterocycles. The van der Waals surface area contributed by atoms with Crippen LogP contribution in [0.15, 0.2) is 30.6 Å². The zero-order chi connectivity index (χ0) is 25.2. The molecule has 0 aliphatic carbocycles. The molecule has 35 heavy (non-hydrogen) atoms. The summed E-state index contributed by atoms with van der Waals surface area (Å²) in [5, 5.41) is 3.05. The van der Waals surface area contributed by atoms with Gasteiger partial charge in [0.2, 0.25) is 15.8 Å². The van der Waals surface area contributed by atoms with E-state index in [1.807, 2.05) is 0 Å². The molecule has 192 valence electrons. The van der Waals surface area contributed by atoms with Crippen LogP contribution in [0.3, 0.4) is 0 Å². The number of hydrogen-bond acceptors (Lipinski definition) is 6. The first-order chi connectivity index (χ1) is 16.5. The number of halogens is 4. The lowest BCUT2D eigenvalue weighted by Gasteiger charge is -2.37. The monoisotopic (exact) mass is 515 g/mol. The topological polar surface area (TPSA) is 78.4 Å². The second-order valence-electron chi connectivity index (χ2n) is 9.17. The zero-order valence-electron chi connectivity index (χ0n) is 19.4. The molecule has 0 spiro atoms. The van der Waals surface area contributed by atoms with Crippen molar-refractivity contribution >= 4 is 21.7 Å². The molecule has 1 atom stereocenters. The quantitative estimate of drug-likeness (QED) is 0.573. The number of aromatic nitrogens is 2. The molecule has 1 aromatic carbocycles. The lowest BCUT2D eigenvalue weighted by atomic mass is 9.94. The molecule has 2 aliphatic heterocycles. The Kier molecular flexibility index (Phi) is 7.51. The number of sulfonamides is 1. The molecule has 0 bridgehead atoms. The van der Waals surface area contributed by atoms with Gasteiger partial charge in [-0.1, -0.05) is 12.1 Å². The van der Waals surface area contributed by atoms with E-state index in [9.17, 15) is 21.6 Å². The third-order valence-corrected chi connectivity index (χ3v) is 8.07. The van der Waals surface area contributed by atoms with Crippen LogP contribution in [0.1, 0.15) is 49.3 Å². The van der Waals surface area contributed by atoms with Crippen molar-refractivity contribution in [2.75, 3.05) is 42.7 Å². The van der Waals surface area contributed by atoms with Gasteiger partial charge in [0.1, 0.15) is 6.33 Å². The van der Waals surface area contributed by atoms with E-state index in [0.29, 0.717) is 51.0 Å². The summed E-state index contributed by atoms with van der Waals surface area (Å²) in [5.74, 6) is -0.225. The maximum absolute atomic E-state index is 15.5. The van der Waals surface area contributed by atoms with Crippen molar-refractivity contribution in [1.82, 2.24) is 14.3 Å². The number of nitrogens with one attached hydrogen (secondary N) is 1. The van der Waals surface area contributed by atoms with E-state index in [2.05, 4.69) is 15.3 Å². The third-order valence-electron chi connectivity index (χ3n) is 6.77. The number of alkyl halides is 3. The average molecular weight is 516 g/mol. The molecule has 0 radical (unpaired) electrons. The van der Waals surface area contributed by atoms with Gasteiger partial charge in [-0.3, -0.25) is 0 Å². The van der Waals surface area contributed by atoms with Gasteiger partial charge < -0.3 is 10.2 Å². The van der Waals surface area contributed by atoms with Gasteiger partial charge in [-0.15, -0.1) is 0 Å². The fourth-order valence-electron chi connectivity index (χ4n) is 4.80. The van der Waals surface area contributed by atoms with Gasteiger partial charge in [-0.2, -0.15) is 17.6 Å². The van der Waals surface area contributed by atoms with Gasteiger partial charge in [-0.05, 0) is 55.7 Å². The Morgan fingerprint density at radius 2 is 1.71 bits per heavy atom. The zero-order valence-corrected chi connectivity index (χ0v) is 20.2. The second kappa shape index (κ2) is 10.3. The molecule has 0 saturated carbocycles. The average Bonchev–Trinajstić information content (AvgIpc) is 2.83. The van der Waals surface area contributed by atoms with Crippen LogP contribution in [0.5, 0.6) is 0 Å². The van der Waals surface area contributed by atoms with Crippen molar-refractivity contribution < 1.29 is 26.0 Å². The van der Waals surface area contributed by atoms with Crippen LogP contribution in [0, 0.1) is 11.7 Å². The molecule has 1 N–H and O–H groups in total. The number of benzene rings is 1. The number of rotatable bonds is 6. The molecule has 1 unspecified atom stereocenters. The third kappa shape index (κ3) is 6.03. The van der Waals surface area contributed by atoms with E-state index in [4.69, 9.17) is 0 Å². The molecule has 2 aromatic rings. The van der Waals surface area contributed by atoms with Gasteiger partial charge in [0, 0.05) is 26.2 Å². The summed E-state index contributed by atoms with van der Waals surface area (Å²) in [6.45, 7) is 1.85. The van der Waals surface area contributed by atoms with E-state index >= 15 is 4.39 Å². The van der Waals surface area contributed by atoms with Crippen LogP contribution in [-0.2, 0) is 16.2 Å². The standard InChI is InChI=1S/C23H29F4N5O2S/c1-35(33,34)31-12-9-16(10-13-31)14-28-21-20(24)22(30-15-29-21)32-11-3-2-4-19(32)17-5-7-18(8-6-17)23(25,26)27/h5-8,15-16,19H,2-4,9-14H2,1H3,(H,28,29,30). The second-order valence-corrected chi connectivity index (χ2v) is 11.2. The van der Waals surface area contributed by atoms with Crippen molar-refractivity contribution in [3.63, 3.8) is 0 Å². The molecular weight excluding hydrogens is 486 g/mol. The fourth-order valence-corrected chi connectivity index (χ4v) is 5.67. The Morgan fingerprint density at radius 3 is 2.34 bits per heavy atom. The summed E-state index contributed by atoms with van der Waals surface area (Å²) in [6.07, 6.45) is 1.78. The Morgan fingerprint density at radius 1 is 1.03 bits per heavy atom. The van der Waals surface area contributed by atoms with Crippen molar-refractivity contribution in [3.05, 3.63) is 47.5 Å². The molecule has 3 heterocycles. The van der Waals surface area contributed by atoms with Gasteiger partial charge >= 0.3 is 6.18 Å². The molecule has 1 aromatic heterocycles. The predicted molar refractivity (Wildman–Crippen MR) is 125 cm³/mol.